The van der Waals surface area contributed by atoms with Crippen LogP contribution in [0.5, 0.6) is 0 Å². The van der Waals surface area contributed by atoms with Crippen LogP contribution in [-0.4, -0.2) is 50.6 Å². The van der Waals surface area contributed by atoms with E-state index in [0.29, 0.717) is 12.6 Å². The van der Waals surface area contributed by atoms with Crippen molar-refractivity contribution in [1.82, 2.24) is 15.5 Å². The minimum atomic E-state index is 0.136. The summed E-state index contributed by atoms with van der Waals surface area (Å²) < 4.78 is 0. The number of carbonyl (C=O) groups is 1. The smallest absolute Gasteiger partial charge is 0.234 e. The first kappa shape index (κ1) is 20.7. The monoisotopic (exact) mass is 273 g/mol. The Labute approximate surface area is 120 Å². The van der Waals surface area contributed by atoms with Crippen LogP contribution in [0.3, 0.4) is 0 Å². The Morgan fingerprint density at radius 2 is 1.58 bits per heavy atom. The van der Waals surface area contributed by atoms with Gasteiger partial charge in [-0.1, -0.05) is 26.7 Å². The van der Waals surface area contributed by atoms with E-state index >= 15 is 0 Å². The first-order chi connectivity index (χ1) is 9.07. The maximum Gasteiger partial charge on any atom is 0.234 e. The highest BCUT2D eigenvalue weighted by Crippen LogP contribution is 1.97. The van der Waals surface area contributed by atoms with Crippen molar-refractivity contribution in [3.8, 4) is 0 Å². The van der Waals surface area contributed by atoms with E-state index in [-0.39, 0.29) is 5.91 Å². The first-order valence-corrected chi connectivity index (χ1v) is 7.69. The van der Waals surface area contributed by atoms with Crippen molar-refractivity contribution in [1.29, 1.82) is 0 Å². The third-order valence-electron chi connectivity index (χ3n) is 2.95. The molecule has 0 aliphatic carbocycles. The maximum absolute atomic E-state index is 11.5. The molecule has 19 heavy (non-hydrogen) atoms. The SMILES string of the molecule is CC.CNCCCCCCNC(=O)CN(C)C(C)C. The van der Waals surface area contributed by atoms with Crippen molar-refractivity contribution < 1.29 is 4.79 Å². The molecule has 1 amide bonds. The Hall–Kier alpha value is -0.610. The van der Waals surface area contributed by atoms with Crippen LogP contribution in [-0.2, 0) is 4.79 Å². The van der Waals surface area contributed by atoms with Gasteiger partial charge in [0.05, 0.1) is 6.54 Å². The van der Waals surface area contributed by atoms with E-state index in [0.717, 1.165) is 19.5 Å². The van der Waals surface area contributed by atoms with E-state index in [9.17, 15) is 4.79 Å². The summed E-state index contributed by atoms with van der Waals surface area (Å²) in [6.07, 6.45) is 4.74. The van der Waals surface area contributed by atoms with Gasteiger partial charge in [0, 0.05) is 12.6 Å². The molecule has 0 heterocycles. The highest BCUT2D eigenvalue weighted by Gasteiger charge is 2.08. The van der Waals surface area contributed by atoms with Crippen LogP contribution in [0.4, 0.5) is 0 Å². The molecular weight excluding hydrogens is 238 g/mol. The van der Waals surface area contributed by atoms with E-state index in [1.165, 1.54) is 19.3 Å². The average molecular weight is 273 g/mol. The van der Waals surface area contributed by atoms with Crippen LogP contribution in [0.25, 0.3) is 0 Å². The normalized spacial score (nSPS) is 10.3. The third-order valence-corrected chi connectivity index (χ3v) is 2.95. The van der Waals surface area contributed by atoms with E-state index in [2.05, 4.69) is 24.5 Å². The lowest BCUT2D eigenvalue weighted by atomic mass is 10.2. The lowest BCUT2D eigenvalue weighted by Crippen LogP contribution is -2.38. The van der Waals surface area contributed by atoms with Gasteiger partial charge < -0.3 is 10.6 Å². The largest absolute Gasteiger partial charge is 0.355 e. The molecule has 0 unspecified atom stereocenters. The molecule has 2 N–H and O–H groups in total. The Kier molecular flexibility index (Phi) is 16.8. The summed E-state index contributed by atoms with van der Waals surface area (Å²) >= 11 is 0. The zero-order valence-electron chi connectivity index (χ0n) is 13.9. The molecule has 0 spiro atoms. The van der Waals surface area contributed by atoms with Crippen LogP contribution >= 0.6 is 0 Å². The van der Waals surface area contributed by atoms with Gasteiger partial charge in [-0.25, -0.2) is 0 Å². The van der Waals surface area contributed by atoms with Crippen LogP contribution in [0.1, 0.15) is 53.4 Å². The molecule has 0 atom stereocenters. The molecule has 0 aromatic rings. The predicted octanol–water partition coefficient (Wildman–Crippen LogP) is 2.25. The van der Waals surface area contributed by atoms with Gasteiger partial charge in [-0.2, -0.15) is 0 Å². The van der Waals surface area contributed by atoms with Gasteiger partial charge in [0.25, 0.3) is 0 Å². The summed E-state index contributed by atoms with van der Waals surface area (Å²) in [6, 6.07) is 0.419. The van der Waals surface area contributed by atoms with E-state index < -0.39 is 0 Å². The maximum atomic E-state index is 11.5. The number of hydrogen-bond acceptors (Lipinski definition) is 3. The zero-order valence-corrected chi connectivity index (χ0v) is 13.9. The Bertz CT molecular complexity index is 196. The van der Waals surface area contributed by atoms with Crippen molar-refractivity contribution >= 4 is 5.91 Å². The summed E-state index contributed by atoms with van der Waals surface area (Å²) in [5.41, 5.74) is 0. The number of nitrogens with zero attached hydrogens (tertiary/aromatic N) is 1. The fourth-order valence-electron chi connectivity index (χ4n) is 1.47. The zero-order chi connectivity index (χ0) is 15.1. The van der Waals surface area contributed by atoms with Crippen LogP contribution < -0.4 is 10.6 Å². The van der Waals surface area contributed by atoms with Gasteiger partial charge in [0.2, 0.25) is 5.91 Å². The fraction of sp³-hybridized carbons (Fsp3) is 0.933. The molecule has 4 nitrogen and oxygen atoms in total. The number of rotatable bonds is 10. The first-order valence-electron chi connectivity index (χ1n) is 7.69. The number of unbranched alkanes of at least 4 members (excludes halogenated alkanes) is 3. The fourth-order valence-corrected chi connectivity index (χ4v) is 1.47. The second-order valence-corrected chi connectivity index (χ2v) is 4.88. The Balaban J connectivity index is 0. The van der Waals surface area contributed by atoms with E-state index in [4.69, 9.17) is 0 Å². The van der Waals surface area contributed by atoms with Gasteiger partial charge in [0.15, 0.2) is 0 Å². The van der Waals surface area contributed by atoms with Gasteiger partial charge in [-0.05, 0) is 47.3 Å². The number of hydrogen-bond donors (Lipinski definition) is 2. The molecule has 116 valence electrons. The number of amides is 1. The van der Waals surface area contributed by atoms with E-state index in [1.807, 2.05) is 32.8 Å². The van der Waals surface area contributed by atoms with Crippen LogP contribution in [0.15, 0.2) is 0 Å². The highest BCUT2D eigenvalue weighted by atomic mass is 16.2. The average Bonchev–Trinajstić information content (AvgIpc) is 2.39. The van der Waals surface area contributed by atoms with Crippen LogP contribution in [0.2, 0.25) is 0 Å². The van der Waals surface area contributed by atoms with Gasteiger partial charge in [-0.15, -0.1) is 0 Å². The van der Waals surface area contributed by atoms with E-state index in [1.54, 1.807) is 0 Å². The molecule has 0 saturated carbocycles. The number of likely N-dealkylation sites (N-methyl/N-ethyl adjacent to an activating group) is 1. The molecule has 0 saturated heterocycles. The molecule has 0 aliphatic rings. The lowest BCUT2D eigenvalue weighted by molar-refractivity contribution is -0.122. The highest BCUT2D eigenvalue weighted by molar-refractivity contribution is 5.77. The molecule has 0 aliphatic heterocycles. The molecule has 0 aromatic heterocycles. The molecule has 0 rings (SSSR count). The van der Waals surface area contributed by atoms with Crippen molar-refractivity contribution in [2.75, 3.05) is 33.7 Å². The lowest BCUT2D eigenvalue weighted by Gasteiger charge is -2.20. The Morgan fingerprint density at radius 1 is 1.05 bits per heavy atom. The summed E-state index contributed by atoms with van der Waals surface area (Å²) in [4.78, 5) is 13.6. The van der Waals surface area contributed by atoms with Crippen molar-refractivity contribution in [2.24, 2.45) is 0 Å². The minimum Gasteiger partial charge on any atom is -0.355 e. The van der Waals surface area contributed by atoms with Crippen molar-refractivity contribution in [3.63, 3.8) is 0 Å². The van der Waals surface area contributed by atoms with Gasteiger partial charge in [0.1, 0.15) is 0 Å². The quantitative estimate of drug-likeness (QED) is 0.600. The Morgan fingerprint density at radius 3 is 2.05 bits per heavy atom. The number of carbonyl (C=O) groups excluding carboxylic acids is 1. The van der Waals surface area contributed by atoms with Gasteiger partial charge in [-0.3, -0.25) is 9.69 Å². The number of nitrogens with one attached hydrogen (secondary N) is 2. The van der Waals surface area contributed by atoms with Crippen molar-refractivity contribution in [3.05, 3.63) is 0 Å². The topological polar surface area (TPSA) is 44.4 Å². The third kappa shape index (κ3) is 15.3. The second kappa shape index (κ2) is 15.4. The predicted molar refractivity (Wildman–Crippen MR) is 84.5 cm³/mol. The summed E-state index contributed by atoms with van der Waals surface area (Å²) in [5, 5.41) is 6.10. The molecule has 0 aromatic carbocycles. The summed E-state index contributed by atoms with van der Waals surface area (Å²) in [5.74, 6) is 0.136. The summed E-state index contributed by atoms with van der Waals surface area (Å²) in [7, 11) is 3.95. The van der Waals surface area contributed by atoms with Crippen LogP contribution in [0, 0.1) is 0 Å². The molecule has 0 radical (unpaired) electrons. The summed E-state index contributed by atoms with van der Waals surface area (Å²) in [6.45, 7) is 10.6. The minimum absolute atomic E-state index is 0.136. The second-order valence-electron chi connectivity index (χ2n) is 4.88. The molecular formula is C15H35N3O. The molecule has 0 fully saturated rings. The van der Waals surface area contributed by atoms with Crippen molar-refractivity contribution in [2.45, 2.75) is 59.4 Å². The molecule has 4 heteroatoms. The standard InChI is InChI=1S/C13H29N3O.C2H6/c1-12(2)16(4)11-13(17)15-10-8-6-5-7-9-14-3;1-2/h12,14H,5-11H2,1-4H3,(H,15,17);1-2H3. The molecule has 0 bridgehead atoms. The van der Waals surface area contributed by atoms with Gasteiger partial charge >= 0.3 is 0 Å².